The molecule has 3 aromatic heterocycles. The SMILES string of the molecule is CC[C@@]12CCCN1c1nc(-n3ccnc3)[nH]c(=O)c1-n1cnnc12. The van der Waals surface area contributed by atoms with Gasteiger partial charge in [-0.1, -0.05) is 6.92 Å². The zero-order valence-electron chi connectivity index (χ0n) is 13.2. The Morgan fingerprint density at radius 1 is 1.38 bits per heavy atom. The predicted molar refractivity (Wildman–Crippen MR) is 85.4 cm³/mol. The van der Waals surface area contributed by atoms with Crippen LogP contribution in [0.3, 0.4) is 0 Å². The van der Waals surface area contributed by atoms with Gasteiger partial charge in [-0.05, 0) is 19.3 Å². The lowest BCUT2D eigenvalue weighted by molar-refractivity contribution is 0.381. The summed E-state index contributed by atoms with van der Waals surface area (Å²) in [5.74, 6) is 1.98. The van der Waals surface area contributed by atoms with Crippen LogP contribution in [0.1, 0.15) is 32.0 Å². The summed E-state index contributed by atoms with van der Waals surface area (Å²) in [7, 11) is 0. The molecule has 0 spiro atoms. The Kier molecular flexibility index (Phi) is 2.54. The number of fused-ring (bicyclic) bond motifs is 6. The molecule has 1 fully saturated rings. The Hall–Kier alpha value is -2.97. The van der Waals surface area contributed by atoms with Gasteiger partial charge in [-0.3, -0.25) is 18.9 Å². The second-order valence-electron chi connectivity index (χ2n) is 6.20. The number of imidazole rings is 1. The lowest BCUT2D eigenvalue weighted by Gasteiger charge is -2.41. The van der Waals surface area contributed by atoms with Crippen molar-refractivity contribution < 1.29 is 0 Å². The third kappa shape index (κ3) is 1.51. The smallest absolute Gasteiger partial charge is 0.278 e. The topological polar surface area (TPSA) is 97.5 Å². The number of H-pyrrole nitrogens is 1. The Bertz CT molecular complexity index is 972. The Morgan fingerprint density at radius 3 is 3.08 bits per heavy atom. The zero-order valence-corrected chi connectivity index (χ0v) is 13.2. The minimum absolute atomic E-state index is 0.207. The van der Waals surface area contributed by atoms with Crippen molar-refractivity contribution in [1.82, 2.24) is 34.3 Å². The van der Waals surface area contributed by atoms with Crippen LogP contribution in [0.25, 0.3) is 11.6 Å². The highest BCUT2D eigenvalue weighted by Crippen LogP contribution is 2.47. The predicted octanol–water partition coefficient (Wildman–Crippen LogP) is 0.755. The largest absolute Gasteiger partial charge is 0.342 e. The maximum atomic E-state index is 12.8. The molecule has 5 heterocycles. The molecule has 0 aromatic carbocycles. The molecule has 3 aromatic rings. The number of nitrogens with zero attached hydrogens (tertiary/aromatic N) is 7. The summed E-state index contributed by atoms with van der Waals surface area (Å²) in [6, 6.07) is 0. The lowest BCUT2D eigenvalue weighted by Crippen LogP contribution is -2.48. The van der Waals surface area contributed by atoms with E-state index < -0.39 is 0 Å². The van der Waals surface area contributed by atoms with Crippen molar-refractivity contribution in [3.63, 3.8) is 0 Å². The fraction of sp³-hybridized carbons (Fsp3) is 0.400. The summed E-state index contributed by atoms with van der Waals surface area (Å²) in [4.78, 5) is 26.6. The summed E-state index contributed by atoms with van der Waals surface area (Å²) in [5.41, 5.74) is 0.0439. The third-order valence-corrected chi connectivity index (χ3v) is 5.15. The van der Waals surface area contributed by atoms with Gasteiger partial charge >= 0.3 is 0 Å². The molecule has 1 N–H and O–H groups in total. The summed E-state index contributed by atoms with van der Waals surface area (Å²) < 4.78 is 3.50. The fourth-order valence-corrected chi connectivity index (χ4v) is 4.02. The van der Waals surface area contributed by atoms with Crippen molar-refractivity contribution >= 4 is 5.82 Å². The van der Waals surface area contributed by atoms with Gasteiger partial charge in [-0.25, -0.2) is 4.98 Å². The van der Waals surface area contributed by atoms with Crippen molar-refractivity contribution in [2.45, 2.75) is 31.7 Å². The average Bonchev–Trinajstić information content (AvgIpc) is 3.33. The van der Waals surface area contributed by atoms with Crippen LogP contribution < -0.4 is 10.5 Å². The van der Waals surface area contributed by atoms with Crippen LogP contribution in [0.2, 0.25) is 0 Å². The second kappa shape index (κ2) is 4.53. The first-order valence-corrected chi connectivity index (χ1v) is 8.06. The highest BCUT2D eigenvalue weighted by molar-refractivity contribution is 5.64. The maximum absolute atomic E-state index is 12.8. The van der Waals surface area contributed by atoms with E-state index in [-0.39, 0.29) is 11.1 Å². The highest BCUT2D eigenvalue weighted by atomic mass is 16.1. The number of aromatic amines is 1. The van der Waals surface area contributed by atoms with Crippen LogP contribution in [0.5, 0.6) is 0 Å². The number of rotatable bonds is 2. The van der Waals surface area contributed by atoms with E-state index in [2.05, 4.69) is 32.0 Å². The van der Waals surface area contributed by atoms with E-state index in [1.165, 1.54) is 0 Å². The molecule has 24 heavy (non-hydrogen) atoms. The maximum Gasteiger partial charge on any atom is 0.278 e. The summed E-state index contributed by atoms with van der Waals surface area (Å²) >= 11 is 0. The summed E-state index contributed by atoms with van der Waals surface area (Å²) in [6.45, 7) is 3.00. The molecule has 0 amide bonds. The standard InChI is InChI=1S/C15H16N8O/c1-2-15-4-3-6-23(15)11-10(22-9-17-20-13(15)22)12(24)19-14(18-11)21-7-5-16-8-21/h5,7-9H,2-4,6H2,1H3,(H,18,19,24)/t15-/m0/s1. The zero-order chi connectivity index (χ0) is 16.3. The molecule has 0 bridgehead atoms. The molecule has 0 unspecified atom stereocenters. The van der Waals surface area contributed by atoms with Crippen molar-refractivity contribution in [2.24, 2.45) is 0 Å². The first kappa shape index (κ1) is 13.5. The van der Waals surface area contributed by atoms with Gasteiger partial charge in [0.15, 0.2) is 17.3 Å². The van der Waals surface area contributed by atoms with Gasteiger partial charge in [0.1, 0.15) is 18.2 Å². The molecule has 0 radical (unpaired) electrons. The van der Waals surface area contributed by atoms with Crippen LogP contribution in [-0.2, 0) is 5.54 Å². The van der Waals surface area contributed by atoms with Gasteiger partial charge in [-0.2, -0.15) is 4.98 Å². The lowest BCUT2D eigenvalue weighted by atomic mass is 9.90. The van der Waals surface area contributed by atoms with Crippen molar-refractivity contribution in [3.8, 4) is 11.6 Å². The molecule has 122 valence electrons. The molecule has 0 aliphatic carbocycles. The molecule has 9 heteroatoms. The number of aromatic nitrogens is 7. The molecule has 1 saturated heterocycles. The first-order valence-electron chi connectivity index (χ1n) is 8.06. The average molecular weight is 324 g/mol. The van der Waals surface area contributed by atoms with E-state index in [0.29, 0.717) is 17.5 Å². The van der Waals surface area contributed by atoms with Gasteiger partial charge in [0.25, 0.3) is 5.56 Å². The van der Waals surface area contributed by atoms with E-state index in [1.54, 1.807) is 34.2 Å². The van der Waals surface area contributed by atoms with E-state index in [9.17, 15) is 4.79 Å². The van der Waals surface area contributed by atoms with Gasteiger partial charge in [0.2, 0.25) is 5.95 Å². The Morgan fingerprint density at radius 2 is 2.29 bits per heavy atom. The number of hydrogen-bond acceptors (Lipinski definition) is 6. The highest BCUT2D eigenvalue weighted by Gasteiger charge is 2.50. The normalized spacial score (nSPS) is 21.5. The number of anilines is 1. The van der Waals surface area contributed by atoms with Crippen LogP contribution >= 0.6 is 0 Å². The van der Waals surface area contributed by atoms with Crippen molar-refractivity contribution in [1.29, 1.82) is 0 Å². The van der Waals surface area contributed by atoms with E-state index in [0.717, 1.165) is 31.6 Å². The Labute approximate surface area is 137 Å². The second-order valence-corrected chi connectivity index (χ2v) is 6.20. The first-order chi connectivity index (χ1) is 11.7. The molecule has 0 saturated carbocycles. The van der Waals surface area contributed by atoms with Crippen molar-refractivity contribution in [2.75, 3.05) is 11.4 Å². The van der Waals surface area contributed by atoms with Crippen LogP contribution in [0, 0.1) is 0 Å². The number of nitrogens with one attached hydrogen (secondary N) is 1. The fourth-order valence-electron chi connectivity index (χ4n) is 4.02. The summed E-state index contributed by atoms with van der Waals surface area (Å²) in [5, 5.41) is 8.39. The molecule has 2 aliphatic rings. The van der Waals surface area contributed by atoms with E-state index >= 15 is 0 Å². The molecular formula is C15H16N8O. The molecule has 2 aliphatic heterocycles. The van der Waals surface area contributed by atoms with E-state index in [4.69, 9.17) is 4.98 Å². The quantitative estimate of drug-likeness (QED) is 0.747. The van der Waals surface area contributed by atoms with Crippen molar-refractivity contribution in [3.05, 3.63) is 41.2 Å². The number of hydrogen-bond donors (Lipinski definition) is 1. The summed E-state index contributed by atoms with van der Waals surface area (Å²) in [6.07, 6.45) is 9.55. The minimum atomic E-state index is -0.240. The van der Waals surface area contributed by atoms with Gasteiger partial charge in [0, 0.05) is 18.9 Å². The third-order valence-electron chi connectivity index (χ3n) is 5.15. The van der Waals surface area contributed by atoms with Gasteiger partial charge in [-0.15, -0.1) is 10.2 Å². The molecule has 1 atom stereocenters. The van der Waals surface area contributed by atoms with Gasteiger partial charge < -0.3 is 4.90 Å². The van der Waals surface area contributed by atoms with Crippen LogP contribution in [0.4, 0.5) is 5.82 Å². The minimum Gasteiger partial charge on any atom is -0.342 e. The molecular weight excluding hydrogens is 308 g/mol. The van der Waals surface area contributed by atoms with Gasteiger partial charge in [0.05, 0.1) is 0 Å². The van der Waals surface area contributed by atoms with Crippen LogP contribution in [-0.4, -0.2) is 40.8 Å². The Balaban J connectivity index is 1.83. The van der Waals surface area contributed by atoms with E-state index in [1.807, 2.05) is 0 Å². The molecule has 9 nitrogen and oxygen atoms in total. The molecule has 5 rings (SSSR count). The van der Waals surface area contributed by atoms with Crippen LogP contribution in [0.15, 0.2) is 29.8 Å². The monoisotopic (exact) mass is 324 g/mol.